The molecule has 1 heterocycles. The van der Waals surface area contributed by atoms with Gasteiger partial charge in [-0.1, -0.05) is 0 Å². The normalized spacial score (nSPS) is 27.7. The molecule has 4 aliphatic rings. The number of nitrogens with zero attached hydrogens (tertiary/aromatic N) is 1. The summed E-state index contributed by atoms with van der Waals surface area (Å²) in [5.74, 6) is -2.13. The standard InChI is InChI=1S/C28H33FN4O4/c1-13-7-20(5-6-21(13)29)31-25(35)22-14(2)23(33(4)15(22)3)24(34)26(36)32-28(27(30)37)18-9-16-8-17(11-18)12-19(28)10-16/h5-7,16-19H,8-12H2,1-4H3,(H2,30,37)(H,31,35)(H,32,36)/t16-,17+,18-,19+,28?. The minimum atomic E-state index is -1.21. The van der Waals surface area contributed by atoms with E-state index in [2.05, 4.69) is 10.6 Å². The molecule has 1 aromatic carbocycles. The predicted molar refractivity (Wildman–Crippen MR) is 135 cm³/mol. The van der Waals surface area contributed by atoms with E-state index in [4.69, 9.17) is 5.73 Å². The highest BCUT2D eigenvalue weighted by atomic mass is 19.1. The Bertz CT molecular complexity index is 1320. The molecule has 0 radical (unpaired) electrons. The van der Waals surface area contributed by atoms with Crippen molar-refractivity contribution in [2.45, 2.75) is 58.4 Å². The van der Waals surface area contributed by atoms with E-state index < -0.39 is 29.0 Å². The van der Waals surface area contributed by atoms with Crippen molar-refractivity contribution in [3.63, 3.8) is 0 Å². The number of rotatable bonds is 6. The number of hydrogen-bond acceptors (Lipinski definition) is 4. The topological polar surface area (TPSA) is 123 Å². The molecular weight excluding hydrogens is 475 g/mol. The molecule has 0 saturated heterocycles. The van der Waals surface area contributed by atoms with Gasteiger partial charge in [-0.3, -0.25) is 19.2 Å². The van der Waals surface area contributed by atoms with Gasteiger partial charge in [0.15, 0.2) is 0 Å². The fraction of sp³-hybridized carbons (Fsp3) is 0.500. The lowest BCUT2D eigenvalue weighted by molar-refractivity contribution is -0.148. The lowest BCUT2D eigenvalue weighted by Gasteiger charge is -2.59. The van der Waals surface area contributed by atoms with Crippen LogP contribution in [0.15, 0.2) is 18.2 Å². The molecule has 6 rings (SSSR count). The maximum atomic E-state index is 13.6. The van der Waals surface area contributed by atoms with E-state index in [1.54, 1.807) is 27.8 Å². The zero-order valence-electron chi connectivity index (χ0n) is 21.6. The van der Waals surface area contributed by atoms with E-state index in [1.807, 2.05) is 0 Å². The van der Waals surface area contributed by atoms with Gasteiger partial charge in [-0.05, 0) is 106 Å². The fourth-order valence-electron chi connectivity index (χ4n) is 7.50. The summed E-state index contributed by atoms with van der Waals surface area (Å²) < 4.78 is 15.2. The molecule has 3 amide bonds. The number of nitrogens with two attached hydrogens (primary N) is 1. The van der Waals surface area contributed by atoms with Crippen LogP contribution in [0.4, 0.5) is 10.1 Å². The maximum Gasteiger partial charge on any atom is 0.294 e. The number of amides is 3. The number of aromatic nitrogens is 1. The highest BCUT2D eigenvalue weighted by Crippen LogP contribution is 2.58. The monoisotopic (exact) mass is 508 g/mol. The summed E-state index contributed by atoms with van der Waals surface area (Å²) in [6, 6.07) is 4.25. The van der Waals surface area contributed by atoms with Gasteiger partial charge in [0.25, 0.3) is 17.6 Å². The quantitative estimate of drug-likeness (QED) is 0.409. The molecule has 2 aromatic rings. The molecule has 1 aromatic heterocycles. The van der Waals surface area contributed by atoms with Crippen LogP contribution in [0.1, 0.15) is 69.8 Å². The summed E-state index contributed by atoms with van der Waals surface area (Å²) in [5, 5.41) is 5.57. The van der Waals surface area contributed by atoms with Crippen LogP contribution < -0.4 is 16.4 Å². The lowest BCUT2D eigenvalue weighted by Crippen LogP contribution is -2.72. The number of ketones is 1. The van der Waals surface area contributed by atoms with Crippen LogP contribution in [0.2, 0.25) is 0 Å². The van der Waals surface area contributed by atoms with Gasteiger partial charge in [0.05, 0.1) is 11.3 Å². The second-order valence-corrected chi connectivity index (χ2v) is 11.2. The van der Waals surface area contributed by atoms with Crippen molar-refractivity contribution < 1.29 is 23.6 Å². The van der Waals surface area contributed by atoms with Gasteiger partial charge < -0.3 is 20.9 Å². The van der Waals surface area contributed by atoms with Gasteiger partial charge in [0, 0.05) is 18.4 Å². The van der Waals surface area contributed by atoms with E-state index in [0.717, 1.165) is 25.7 Å². The number of nitrogens with one attached hydrogen (secondary N) is 2. The molecule has 0 spiro atoms. The number of aryl methyl sites for hydroxylation is 1. The SMILES string of the molecule is Cc1cc(NC(=O)c2c(C)c(C(=O)C(=O)NC3(C(N)=O)[C@H]4C[C@@H]5C[C@@H](C[C@H]3C5)C4)n(C)c2C)ccc1F. The molecule has 4 N–H and O–H groups in total. The molecule has 4 bridgehead atoms. The Hall–Kier alpha value is -3.49. The first-order valence-corrected chi connectivity index (χ1v) is 12.8. The van der Waals surface area contributed by atoms with Crippen molar-refractivity contribution in [2.24, 2.45) is 36.5 Å². The zero-order chi connectivity index (χ0) is 26.8. The van der Waals surface area contributed by atoms with Crippen LogP contribution in [-0.4, -0.2) is 33.6 Å². The minimum absolute atomic E-state index is 0.0604. The summed E-state index contributed by atoms with van der Waals surface area (Å²) in [5.41, 5.74) is 6.71. The van der Waals surface area contributed by atoms with Gasteiger partial charge in [-0.15, -0.1) is 0 Å². The fourth-order valence-corrected chi connectivity index (χ4v) is 7.50. The number of hydrogen-bond donors (Lipinski definition) is 3. The van der Waals surface area contributed by atoms with Gasteiger partial charge in [-0.25, -0.2) is 4.39 Å². The molecule has 9 heteroatoms. The van der Waals surface area contributed by atoms with E-state index >= 15 is 0 Å². The van der Waals surface area contributed by atoms with Gasteiger partial charge >= 0.3 is 0 Å². The molecule has 8 nitrogen and oxygen atoms in total. The van der Waals surface area contributed by atoms with Crippen molar-refractivity contribution in [3.05, 3.63) is 52.1 Å². The Kier molecular flexibility index (Phi) is 6.00. The zero-order valence-corrected chi connectivity index (χ0v) is 21.6. The molecule has 196 valence electrons. The molecule has 4 fully saturated rings. The summed E-state index contributed by atoms with van der Waals surface area (Å²) >= 11 is 0. The lowest BCUT2D eigenvalue weighted by atomic mass is 9.48. The number of Topliss-reactive ketones (excluding diaryl/α,β-unsaturated/α-hetero) is 1. The first-order chi connectivity index (χ1) is 17.4. The Morgan fingerprint density at radius 3 is 2.14 bits per heavy atom. The molecule has 37 heavy (non-hydrogen) atoms. The largest absolute Gasteiger partial charge is 0.368 e. The van der Waals surface area contributed by atoms with Crippen molar-refractivity contribution in [2.75, 3.05) is 5.32 Å². The number of benzene rings is 1. The van der Waals surface area contributed by atoms with Crippen LogP contribution in [0.5, 0.6) is 0 Å². The Morgan fingerprint density at radius 1 is 1.00 bits per heavy atom. The molecule has 4 aliphatic carbocycles. The van der Waals surface area contributed by atoms with Crippen LogP contribution in [0.25, 0.3) is 0 Å². The maximum absolute atomic E-state index is 13.6. The number of carbonyl (C=O) groups excluding carboxylic acids is 4. The first-order valence-electron chi connectivity index (χ1n) is 12.8. The first kappa shape index (κ1) is 25.2. The van der Waals surface area contributed by atoms with Crippen molar-refractivity contribution >= 4 is 29.2 Å². The molecule has 4 saturated carbocycles. The van der Waals surface area contributed by atoms with E-state index in [-0.39, 0.29) is 28.9 Å². The highest BCUT2D eigenvalue weighted by Gasteiger charge is 2.61. The van der Waals surface area contributed by atoms with E-state index in [9.17, 15) is 23.6 Å². The van der Waals surface area contributed by atoms with Crippen LogP contribution >= 0.6 is 0 Å². The molecular formula is C28H33FN4O4. The molecule has 0 unspecified atom stereocenters. The Labute approximate surface area is 215 Å². The number of primary amides is 1. The second kappa shape index (κ2) is 8.82. The molecule has 0 atom stereocenters. The predicted octanol–water partition coefficient (Wildman–Crippen LogP) is 3.32. The Morgan fingerprint density at radius 2 is 1.59 bits per heavy atom. The van der Waals surface area contributed by atoms with Crippen LogP contribution in [0, 0.1) is 50.3 Å². The average Bonchev–Trinajstić information content (AvgIpc) is 3.05. The summed E-state index contributed by atoms with van der Waals surface area (Å²) in [7, 11) is 1.62. The highest BCUT2D eigenvalue weighted by molar-refractivity contribution is 6.43. The third-order valence-electron chi connectivity index (χ3n) is 9.15. The summed E-state index contributed by atoms with van der Waals surface area (Å²) in [4.78, 5) is 52.8. The molecule has 0 aliphatic heterocycles. The van der Waals surface area contributed by atoms with Crippen molar-refractivity contribution in [1.82, 2.24) is 9.88 Å². The minimum Gasteiger partial charge on any atom is -0.368 e. The number of halogens is 1. The smallest absolute Gasteiger partial charge is 0.294 e. The van der Waals surface area contributed by atoms with E-state index in [0.29, 0.717) is 34.3 Å². The summed E-state index contributed by atoms with van der Waals surface area (Å²) in [6.45, 7) is 4.90. The van der Waals surface area contributed by atoms with Gasteiger partial charge in [0.1, 0.15) is 11.4 Å². The third kappa shape index (κ3) is 3.86. The van der Waals surface area contributed by atoms with Crippen molar-refractivity contribution in [1.29, 1.82) is 0 Å². The number of anilines is 1. The third-order valence-corrected chi connectivity index (χ3v) is 9.15. The van der Waals surface area contributed by atoms with Gasteiger partial charge in [-0.2, -0.15) is 0 Å². The second-order valence-electron chi connectivity index (χ2n) is 11.2. The van der Waals surface area contributed by atoms with Crippen LogP contribution in [-0.2, 0) is 16.6 Å². The summed E-state index contributed by atoms with van der Waals surface area (Å²) in [6.07, 6.45) is 4.50. The average molecular weight is 509 g/mol. The number of carbonyl (C=O) groups is 4. The van der Waals surface area contributed by atoms with Crippen LogP contribution in [0.3, 0.4) is 0 Å². The van der Waals surface area contributed by atoms with Gasteiger partial charge in [0.2, 0.25) is 5.91 Å². The van der Waals surface area contributed by atoms with E-state index in [1.165, 1.54) is 29.2 Å². The Balaban J connectivity index is 1.41. The van der Waals surface area contributed by atoms with Crippen molar-refractivity contribution in [3.8, 4) is 0 Å².